The van der Waals surface area contributed by atoms with Crippen LogP contribution in [0.3, 0.4) is 0 Å². The fourth-order valence-corrected chi connectivity index (χ4v) is 2.94. The molecule has 1 unspecified atom stereocenters. The van der Waals surface area contributed by atoms with Gasteiger partial charge in [0.05, 0.1) is 16.6 Å². The molecule has 1 aromatic carbocycles. The summed E-state index contributed by atoms with van der Waals surface area (Å²) in [5, 5.41) is 16.6. The van der Waals surface area contributed by atoms with Crippen molar-refractivity contribution in [2.24, 2.45) is 5.92 Å². The standard InChI is InChI=1S/C16H17ClN4O3/c17-12-5-1-2-6-13(12)21-9-7-14(19-21)18-16(24)20-8-3-4-11(10-20)15(22)23/h1-2,5-7,9,11H,3-4,8,10H2,(H,22,23)(H,18,19,24). The number of anilines is 1. The molecule has 1 aromatic heterocycles. The van der Waals surface area contributed by atoms with E-state index >= 15 is 0 Å². The Bertz CT molecular complexity index is 761. The largest absolute Gasteiger partial charge is 0.481 e. The number of piperidine rings is 1. The van der Waals surface area contributed by atoms with Crippen LogP contribution in [0.5, 0.6) is 0 Å². The van der Waals surface area contributed by atoms with Gasteiger partial charge in [-0.1, -0.05) is 23.7 Å². The fraction of sp³-hybridized carbons (Fsp3) is 0.312. The number of nitrogens with one attached hydrogen (secondary N) is 1. The van der Waals surface area contributed by atoms with Gasteiger partial charge in [-0.15, -0.1) is 5.10 Å². The Morgan fingerprint density at radius 1 is 1.29 bits per heavy atom. The van der Waals surface area contributed by atoms with Crippen LogP contribution in [0.25, 0.3) is 5.69 Å². The van der Waals surface area contributed by atoms with Crippen molar-refractivity contribution in [1.29, 1.82) is 0 Å². The van der Waals surface area contributed by atoms with Gasteiger partial charge in [0.1, 0.15) is 0 Å². The number of hydrogen-bond donors (Lipinski definition) is 2. The first-order valence-electron chi connectivity index (χ1n) is 7.64. The highest BCUT2D eigenvalue weighted by molar-refractivity contribution is 6.32. The highest BCUT2D eigenvalue weighted by atomic mass is 35.5. The van der Waals surface area contributed by atoms with Crippen molar-refractivity contribution in [3.63, 3.8) is 0 Å². The average Bonchev–Trinajstić information content (AvgIpc) is 3.03. The monoisotopic (exact) mass is 348 g/mol. The molecular weight excluding hydrogens is 332 g/mol. The van der Waals surface area contributed by atoms with E-state index in [4.69, 9.17) is 16.7 Å². The molecule has 2 amide bonds. The van der Waals surface area contributed by atoms with Crippen LogP contribution < -0.4 is 5.32 Å². The summed E-state index contributed by atoms with van der Waals surface area (Å²) in [4.78, 5) is 24.9. The lowest BCUT2D eigenvalue weighted by molar-refractivity contribution is -0.143. The number of aromatic nitrogens is 2. The Morgan fingerprint density at radius 2 is 2.08 bits per heavy atom. The number of halogens is 1. The molecule has 0 bridgehead atoms. The summed E-state index contributed by atoms with van der Waals surface area (Å²) < 4.78 is 1.58. The molecular formula is C16H17ClN4O3. The molecule has 0 saturated carbocycles. The number of carboxylic acids is 1. The SMILES string of the molecule is O=C(O)C1CCCN(C(=O)Nc2ccn(-c3ccccc3Cl)n2)C1. The number of aliphatic carboxylic acids is 1. The predicted octanol–water partition coefficient (Wildman–Crippen LogP) is 2.85. The van der Waals surface area contributed by atoms with E-state index in [1.54, 1.807) is 23.0 Å². The van der Waals surface area contributed by atoms with Crippen molar-refractivity contribution in [3.8, 4) is 5.69 Å². The molecule has 0 aliphatic carbocycles. The van der Waals surface area contributed by atoms with Gasteiger partial charge in [0.25, 0.3) is 0 Å². The lowest BCUT2D eigenvalue weighted by Crippen LogP contribution is -2.44. The number of carboxylic acid groups (broad SMARTS) is 1. The van der Waals surface area contributed by atoms with Gasteiger partial charge in [0.15, 0.2) is 5.82 Å². The molecule has 2 N–H and O–H groups in total. The van der Waals surface area contributed by atoms with E-state index < -0.39 is 11.9 Å². The predicted molar refractivity (Wildman–Crippen MR) is 89.5 cm³/mol. The number of para-hydroxylation sites is 1. The minimum absolute atomic E-state index is 0.215. The van der Waals surface area contributed by atoms with Crippen LogP contribution in [0.2, 0.25) is 5.02 Å². The molecule has 2 heterocycles. The van der Waals surface area contributed by atoms with Crippen LogP contribution >= 0.6 is 11.6 Å². The second kappa shape index (κ2) is 6.92. The van der Waals surface area contributed by atoms with Crippen LogP contribution in [0, 0.1) is 5.92 Å². The first-order valence-corrected chi connectivity index (χ1v) is 8.01. The molecule has 1 aliphatic rings. The lowest BCUT2D eigenvalue weighted by atomic mass is 9.99. The molecule has 3 rings (SSSR count). The molecule has 8 heteroatoms. The number of carbonyl (C=O) groups excluding carboxylic acids is 1. The molecule has 7 nitrogen and oxygen atoms in total. The highest BCUT2D eigenvalue weighted by Gasteiger charge is 2.28. The van der Waals surface area contributed by atoms with Crippen molar-refractivity contribution >= 4 is 29.4 Å². The number of urea groups is 1. The van der Waals surface area contributed by atoms with Gasteiger partial charge in [-0.25, -0.2) is 9.48 Å². The zero-order valence-corrected chi connectivity index (χ0v) is 13.6. The van der Waals surface area contributed by atoms with Crippen LogP contribution in [-0.4, -0.2) is 44.9 Å². The van der Waals surface area contributed by atoms with E-state index in [0.717, 1.165) is 0 Å². The molecule has 1 aliphatic heterocycles. The normalized spacial score (nSPS) is 17.5. The second-order valence-corrected chi connectivity index (χ2v) is 6.06. The summed E-state index contributed by atoms with van der Waals surface area (Å²) in [6.45, 7) is 0.757. The van der Waals surface area contributed by atoms with Crippen molar-refractivity contribution in [2.75, 3.05) is 18.4 Å². The van der Waals surface area contributed by atoms with E-state index in [1.807, 2.05) is 18.2 Å². The third kappa shape index (κ3) is 3.51. The Balaban J connectivity index is 1.67. The molecule has 126 valence electrons. The van der Waals surface area contributed by atoms with Crippen molar-refractivity contribution in [1.82, 2.24) is 14.7 Å². The Kier molecular flexibility index (Phi) is 4.71. The van der Waals surface area contributed by atoms with E-state index in [2.05, 4.69) is 10.4 Å². The van der Waals surface area contributed by atoms with Gasteiger partial charge in [0, 0.05) is 25.4 Å². The summed E-state index contributed by atoms with van der Waals surface area (Å²) >= 11 is 6.13. The number of nitrogens with zero attached hydrogens (tertiary/aromatic N) is 3. The minimum atomic E-state index is -0.865. The van der Waals surface area contributed by atoms with Gasteiger partial charge < -0.3 is 10.0 Å². The number of rotatable bonds is 3. The number of amides is 2. The van der Waals surface area contributed by atoms with Crippen LogP contribution in [0.1, 0.15) is 12.8 Å². The first-order chi connectivity index (χ1) is 11.5. The Morgan fingerprint density at radius 3 is 2.83 bits per heavy atom. The number of carbonyl (C=O) groups is 2. The second-order valence-electron chi connectivity index (χ2n) is 5.65. The smallest absolute Gasteiger partial charge is 0.323 e. The van der Waals surface area contributed by atoms with Crippen LogP contribution in [0.15, 0.2) is 36.5 Å². The van der Waals surface area contributed by atoms with Gasteiger partial charge in [-0.3, -0.25) is 10.1 Å². The average molecular weight is 349 g/mol. The summed E-state index contributed by atoms with van der Waals surface area (Å²) in [5.74, 6) is -0.988. The van der Waals surface area contributed by atoms with E-state index in [0.29, 0.717) is 35.9 Å². The van der Waals surface area contributed by atoms with Gasteiger partial charge >= 0.3 is 12.0 Å². The lowest BCUT2D eigenvalue weighted by Gasteiger charge is -2.30. The quantitative estimate of drug-likeness (QED) is 0.892. The topological polar surface area (TPSA) is 87.5 Å². The summed E-state index contributed by atoms with van der Waals surface area (Å²) in [6, 6.07) is 8.58. The van der Waals surface area contributed by atoms with E-state index in [-0.39, 0.29) is 12.6 Å². The first kappa shape index (κ1) is 16.3. The summed E-state index contributed by atoms with van der Waals surface area (Å²) in [5.41, 5.74) is 0.712. The summed E-state index contributed by atoms with van der Waals surface area (Å²) in [6.07, 6.45) is 2.98. The highest BCUT2D eigenvalue weighted by Crippen LogP contribution is 2.21. The Labute approximate surface area is 143 Å². The van der Waals surface area contributed by atoms with E-state index in [1.165, 1.54) is 4.90 Å². The van der Waals surface area contributed by atoms with Crippen LogP contribution in [-0.2, 0) is 4.79 Å². The molecule has 24 heavy (non-hydrogen) atoms. The molecule has 0 spiro atoms. The molecule has 0 radical (unpaired) electrons. The third-order valence-corrected chi connectivity index (χ3v) is 4.30. The summed E-state index contributed by atoms with van der Waals surface area (Å²) in [7, 11) is 0. The van der Waals surface area contributed by atoms with Crippen molar-refractivity contribution < 1.29 is 14.7 Å². The maximum Gasteiger partial charge on any atom is 0.323 e. The van der Waals surface area contributed by atoms with Gasteiger partial charge in [-0.05, 0) is 25.0 Å². The van der Waals surface area contributed by atoms with Crippen LogP contribution in [0.4, 0.5) is 10.6 Å². The molecule has 1 atom stereocenters. The maximum absolute atomic E-state index is 12.3. The fourth-order valence-electron chi connectivity index (χ4n) is 2.71. The molecule has 1 fully saturated rings. The number of likely N-dealkylation sites (tertiary alicyclic amines) is 1. The minimum Gasteiger partial charge on any atom is -0.481 e. The van der Waals surface area contributed by atoms with Crippen molar-refractivity contribution in [3.05, 3.63) is 41.6 Å². The zero-order chi connectivity index (χ0) is 17.1. The zero-order valence-electron chi connectivity index (χ0n) is 12.9. The third-order valence-electron chi connectivity index (χ3n) is 3.98. The number of hydrogen-bond acceptors (Lipinski definition) is 3. The van der Waals surface area contributed by atoms with E-state index in [9.17, 15) is 9.59 Å². The van der Waals surface area contributed by atoms with Crippen molar-refractivity contribution in [2.45, 2.75) is 12.8 Å². The van der Waals surface area contributed by atoms with Gasteiger partial charge in [-0.2, -0.15) is 0 Å². The number of benzene rings is 1. The molecule has 2 aromatic rings. The maximum atomic E-state index is 12.3. The Hall–Kier alpha value is -2.54. The van der Waals surface area contributed by atoms with Gasteiger partial charge in [0.2, 0.25) is 0 Å². The molecule has 1 saturated heterocycles.